The lowest BCUT2D eigenvalue weighted by Gasteiger charge is -2.58. The monoisotopic (exact) mass is 870 g/mol. The summed E-state index contributed by atoms with van der Waals surface area (Å²) in [7, 11) is 0. The van der Waals surface area contributed by atoms with Gasteiger partial charge in [-0.2, -0.15) is 0 Å². The minimum atomic E-state index is -0.578. The number of carbonyl (C=O) groups is 4. The first-order chi connectivity index (χ1) is 29.1. The van der Waals surface area contributed by atoms with Gasteiger partial charge in [-0.05, 0) is 152 Å². The summed E-state index contributed by atoms with van der Waals surface area (Å²) >= 11 is 0. The van der Waals surface area contributed by atoms with Crippen LogP contribution in [-0.2, 0) is 23.8 Å². The second-order valence-corrected chi connectivity index (χ2v) is 22.9. The van der Waals surface area contributed by atoms with Gasteiger partial charge in [-0.25, -0.2) is 9.59 Å². The average Bonchev–Trinajstić information content (AvgIpc) is 3.53. The van der Waals surface area contributed by atoms with E-state index in [-0.39, 0.29) is 42.3 Å². The quantitative estimate of drug-likeness (QED) is 0.0481. The van der Waals surface area contributed by atoms with Crippen molar-refractivity contribution in [1.29, 1.82) is 0 Å². The summed E-state index contributed by atoms with van der Waals surface area (Å²) in [6.07, 6.45) is 21.8. The van der Waals surface area contributed by atoms with Crippen LogP contribution in [0.3, 0.4) is 0 Å². The van der Waals surface area contributed by atoms with E-state index in [1.165, 1.54) is 56.9 Å². The van der Waals surface area contributed by atoms with Gasteiger partial charge in [0, 0.05) is 39.0 Å². The molecule has 4 aliphatic rings. The van der Waals surface area contributed by atoms with Crippen molar-refractivity contribution in [1.82, 2.24) is 15.5 Å². The van der Waals surface area contributed by atoms with Gasteiger partial charge >= 0.3 is 18.2 Å². The van der Waals surface area contributed by atoms with Crippen molar-refractivity contribution in [3.05, 3.63) is 11.6 Å². The highest BCUT2D eigenvalue weighted by atomic mass is 16.6. The molecule has 3 amide bonds. The zero-order valence-electron chi connectivity index (χ0n) is 41.4. The number of esters is 1. The molecule has 4 aliphatic carbocycles. The minimum Gasteiger partial charge on any atom is -0.462 e. The Balaban J connectivity index is 1.22. The van der Waals surface area contributed by atoms with E-state index in [9.17, 15) is 19.2 Å². The van der Waals surface area contributed by atoms with E-state index in [1.54, 1.807) is 0 Å². The van der Waals surface area contributed by atoms with Gasteiger partial charge in [0.05, 0.1) is 6.42 Å². The van der Waals surface area contributed by atoms with Crippen LogP contribution in [0.1, 0.15) is 205 Å². The Labute approximate surface area is 377 Å². The zero-order chi connectivity index (χ0) is 45.7. The molecule has 4 rings (SSSR count). The first-order valence-corrected chi connectivity index (χ1v) is 25.2. The van der Waals surface area contributed by atoms with E-state index in [4.69, 9.17) is 14.2 Å². The summed E-state index contributed by atoms with van der Waals surface area (Å²) in [5, 5.41) is 5.62. The second-order valence-electron chi connectivity index (χ2n) is 22.9. The van der Waals surface area contributed by atoms with Crippen LogP contribution in [0.5, 0.6) is 0 Å². The lowest BCUT2D eigenvalue weighted by Crippen LogP contribution is -2.51. The minimum absolute atomic E-state index is 0.0481. The second kappa shape index (κ2) is 23.4. The topological polar surface area (TPSA) is 123 Å². The van der Waals surface area contributed by atoms with Gasteiger partial charge in [-0.1, -0.05) is 91.2 Å². The Morgan fingerprint density at radius 1 is 0.726 bits per heavy atom. The Kier molecular flexibility index (Phi) is 19.6. The number of ether oxygens (including phenoxy) is 3. The normalized spacial score (nSPS) is 27.5. The third-order valence-electron chi connectivity index (χ3n) is 15.2. The molecule has 62 heavy (non-hydrogen) atoms. The molecule has 0 aromatic rings. The lowest BCUT2D eigenvalue weighted by molar-refractivity contribution is -0.153. The molecule has 0 radical (unpaired) electrons. The summed E-state index contributed by atoms with van der Waals surface area (Å²) in [5.74, 6) is 4.47. The maximum absolute atomic E-state index is 13.6. The third-order valence-corrected chi connectivity index (χ3v) is 15.2. The fourth-order valence-electron chi connectivity index (χ4n) is 12.1. The molecule has 8 atom stereocenters. The highest BCUT2D eigenvalue weighted by Gasteiger charge is 2.59. The van der Waals surface area contributed by atoms with E-state index >= 15 is 0 Å². The number of rotatable bonds is 22. The number of hydrogen-bond acceptors (Lipinski definition) is 7. The Bertz CT molecular complexity index is 1480. The smallest absolute Gasteiger partial charge is 0.407 e. The third kappa shape index (κ3) is 15.7. The van der Waals surface area contributed by atoms with Crippen molar-refractivity contribution in [2.45, 2.75) is 222 Å². The molecule has 0 saturated heterocycles. The van der Waals surface area contributed by atoms with Gasteiger partial charge in [0.15, 0.2) is 0 Å². The lowest BCUT2D eigenvalue weighted by atomic mass is 9.47. The molecular formula is C52H91N3O7. The summed E-state index contributed by atoms with van der Waals surface area (Å²) in [5.41, 5.74) is 1.11. The number of allylic oxidation sites excluding steroid dienone is 1. The Hall–Kier alpha value is -2.78. The molecule has 2 N–H and O–H groups in total. The van der Waals surface area contributed by atoms with Crippen LogP contribution in [0.2, 0.25) is 0 Å². The van der Waals surface area contributed by atoms with Gasteiger partial charge in [-0.3, -0.25) is 9.59 Å². The van der Waals surface area contributed by atoms with Gasteiger partial charge in [0.2, 0.25) is 5.91 Å². The maximum Gasteiger partial charge on any atom is 0.407 e. The molecular weight excluding hydrogens is 779 g/mol. The number of alkyl carbamates (subject to hydrolysis) is 2. The molecule has 356 valence electrons. The zero-order valence-corrected chi connectivity index (χ0v) is 41.4. The number of nitrogens with zero attached hydrogens (tertiary/aromatic N) is 1. The SMILES string of the molecule is CC(C)CCCC(C)[C@H]1CC[C@H]2[C@@H]3CC=C4C[C@@H](OC(=O)CCC(=O)N(CCCCCCCCNC(=O)OC(C)(C)C)CCCNC(=O)OC(C)(C)C)CC[C@]4(C)[C@H]3CC[C@]12C. The van der Waals surface area contributed by atoms with Crippen LogP contribution < -0.4 is 10.6 Å². The number of nitrogens with one attached hydrogen (secondary N) is 2. The first kappa shape index (κ1) is 51.9. The Morgan fingerprint density at radius 2 is 1.34 bits per heavy atom. The molecule has 0 aromatic carbocycles. The molecule has 0 aliphatic heterocycles. The summed E-state index contributed by atoms with van der Waals surface area (Å²) in [6.45, 7) is 25.6. The van der Waals surface area contributed by atoms with Crippen LogP contribution >= 0.6 is 0 Å². The summed E-state index contributed by atoms with van der Waals surface area (Å²) in [6, 6.07) is 0. The van der Waals surface area contributed by atoms with E-state index in [1.807, 2.05) is 46.4 Å². The largest absolute Gasteiger partial charge is 0.462 e. The molecule has 0 spiro atoms. The predicted octanol–water partition coefficient (Wildman–Crippen LogP) is 12.3. The number of fused-ring (bicyclic) bond motifs is 5. The van der Waals surface area contributed by atoms with Crippen LogP contribution in [0, 0.1) is 46.3 Å². The average molecular weight is 870 g/mol. The van der Waals surface area contributed by atoms with Crippen molar-refractivity contribution < 1.29 is 33.4 Å². The molecule has 10 nitrogen and oxygen atoms in total. The number of unbranched alkanes of at least 4 members (excludes halogenated alkanes) is 5. The number of amides is 3. The number of carbonyl (C=O) groups excluding carboxylic acids is 4. The standard InChI is InChI=1S/C52H91N3O7/c1-37(2)20-18-21-38(3)42-24-25-43-41-23-22-39-36-40(28-30-51(39,10)44(41)29-31-52(42,43)11)60-46(57)27-26-45(56)55(35-19-33-54-48(59)62-50(7,8)9)34-17-15-13-12-14-16-32-53-47(58)61-49(4,5)6/h22,37-38,40-44H,12-21,23-36H2,1-11H3,(H,53,58)(H,54,59)/t38?,40-,41-,42+,43-,44-,51-,52+/m0/s1. The molecule has 10 heteroatoms. The van der Waals surface area contributed by atoms with Crippen molar-refractivity contribution in [3.63, 3.8) is 0 Å². The number of hydrogen-bond donors (Lipinski definition) is 2. The molecule has 3 fully saturated rings. The van der Waals surface area contributed by atoms with E-state index in [0.717, 1.165) is 93.3 Å². The highest BCUT2D eigenvalue weighted by molar-refractivity contribution is 5.81. The van der Waals surface area contributed by atoms with Crippen molar-refractivity contribution in [3.8, 4) is 0 Å². The van der Waals surface area contributed by atoms with E-state index < -0.39 is 17.3 Å². The molecule has 1 unspecified atom stereocenters. The molecule has 0 bridgehead atoms. The first-order valence-electron chi connectivity index (χ1n) is 25.2. The van der Waals surface area contributed by atoms with Crippen LogP contribution in [0.15, 0.2) is 11.6 Å². The van der Waals surface area contributed by atoms with E-state index in [0.29, 0.717) is 38.0 Å². The van der Waals surface area contributed by atoms with Crippen molar-refractivity contribution in [2.75, 3.05) is 26.2 Å². The fraction of sp³-hybridized carbons (Fsp3) is 0.885. The molecule has 3 saturated carbocycles. The highest BCUT2D eigenvalue weighted by Crippen LogP contribution is 2.67. The van der Waals surface area contributed by atoms with Gasteiger partial charge in [0.1, 0.15) is 17.3 Å². The molecule has 0 aromatic heterocycles. The summed E-state index contributed by atoms with van der Waals surface area (Å²) < 4.78 is 16.8. The fourth-order valence-corrected chi connectivity index (χ4v) is 12.1. The van der Waals surface area contributed by atoms with Gasteiger partial charge < -0.3 is 29.7 Å². The van der Waals surface area contributed by atoms with Gasteiger partial charge in [0.25, 0.3) is 0 Å². The Morgan fingerprint density at radius 3 is 1.98 bits per heavy atom. The van der Waals surface area contributed by atoms with Crippen LogP contribution in [-0.4, -0.2) is 72.4 Å². The van der Waals surface area contributed by atoms with Crippen molar-refractivity contribution >= 4 is 24.1 Å². The predicted molar refractivity (Wildman–Crippen MR) is 250 cm³/mol. The maximum atomic E-state index is 13.6. The van der Waals surface area contributed by atoms with Crippen molar-refractivity contribution in [2.24, 2.45) is 46.3 Å². The van der Waals surface area contributed by atoms with Crippen LogP contribution in [0.25, 0.3) is 0 Å². The van der Waals surface area contributed by atoms with E-state index in [2.05, 4.69) is 51.3 Å². The summed E-state index contributed by atoms with van der Waals surface area (Å²) in [4.78, 5) is 52.8. The molecule has 0 heterocycles. The van der Waals surface area contributed by atoms with Crippen LogP contribution in [0.4, 0.5) is 9.59 Å². The van der Waals surface area contributed by atoms with Gasteiger partial charge in [-0.15, -0.1) is 0 Å².